The number of halogens is 4. The van der Waals surface area contributed by atoms with Gasteiger partial charge in [-0.15, -0.1) is 0 Å². The van der Waals surface area contributed by atoms with E-state index in [9.17, 15) is 13.9 Å². The molecule has 0 bridgehead atoms. The molecule has 0 unspecified atom stereocenters. The highest BCUT2D eigenvalue weighted by molar-refractivity contribution is 9.10. The van der Waals surface area contributed by atoms with Crippen LogP contribution in [0.5, 0.6) is 0 Å². The summed E-state index contributed by atoms with van der Waals surface area (Å²) >= 11 is 9.55. The minimum Gasteiger partial charge on any atom is -0.385 e. The lowest BCUT2D eigenvalue weighted by molar-refractivity contribution is -0.256. The van der Waals surface area contributed by atoms with Crippen molar-refractivity contribution in [2.75, 3.05) is 0 Å². The second kappa shape index (κ2) is 3.92. The summed E-state index contributed by atoms with van der Waals surface area (Å²) < 4.78 is 26.9. The third-order valence-corrected chi connectivity index (χ3v) is 5.52. The Kier molecular flexibility index (Phi) is 2.85. The zero-order chi connectivity index (χ0) is 14.1. The van der Waals surface area contributed by atoms with Gasteiger partial charge >= 0.3 is 0 Å². The first-order valence-corrected chi connectivity index (χ1v) is 7.38. The van der Waals surface area contributed by atoms with E-state index in [2.05, 4.69) is 15.9 Å². The van der Waals surface area contributed by atoms with Crippen molar-refractivity contribution in [3.8, 4) is 0 Å². The average molecular weight is 352 g/mol. The fourth-order valence-corrected chi connectivity index (χ4v) is 4.50. The maximum absolute atomic E-state index is 13.0. The first kappa shape index (κ1) is 13.8. The Balaban J connectivity index is 1.83. The number of aliphatic hydroxyl groups is 1. The largest absolute Gasteiger partial charge is 0.385 e. The lowest BCUT2D eigenvalue weighted by Gasteiger charge is -2.61. The van der Waals surface area contributed by atoms with Crippen molar-refractivity contribution in [1.29, 1.82) is 0 Å². The van der Waals surface area contributed by atoms with Crippen LogP contribution in [0.25, 0.3) is 0 Å². The van der Waals surface area contributed by atoms with E-state index in [1.54, 1.807) is 6.07 Å². The standard InChI is InChI=1S/C14H14BrClF2O/c1-8-2-9(11(16)3-10(8)15)13(19)4-12(5-13)6-14(17,18)7-12/h2-3,19H,4-7H2,1H3. The van der Waals surface area contributed by atoms with Crippen LogP contribution >= 0.6 is 27.5 Å². The van der Waals surface area contributed by atoms with E-state index < -0.39 is 11.5 Å². The van der Waals surface area contributed by atoms with E-state index in [-0.39, 0.29) is 18.3 Å². The Hall–Kier alpha value is -0.190. The number of benzene rings is 1. The van der Waals surface area contributed by atoms with Crippen molar-refractivity contribution in [3.63, 3.8) is 0 Å². The van der Waals surface area contributed by atoms with E-state index in [1.165, 1.54) is 0 Å². The molecule has 0 saturated heterocycles. The predicted octanol–water partition coefficient (Wildman–Crippen LogP) is 4.81. The molecule has 0 radical (unpaired) electrons. The van der Waals surface area contributed by atoms with E-state index in [0.29, 0.717) is 23.4 Å². The summed E-state index contributed by atoms with van der Waals surface area (Å²) in [5.41, 5.74) is 0.227. The molecule has 1 aromatic carbocycles. The Labute approximate surface area is 124 Å². The Bertz CT molecular complexity index is 543. The van der Waals surface area contributed by atoms with Gasteiger partial charge in [-0.05, 0) is 36.8 Å². The molecule has 3 rings (SSSR count). The molecule has 5 heteroatoms. The third kappa shape index (κ3) is 2.12. The lowest BCUT2D eigenvalue weighted by Crippen LogP contribution is -2.60. The van der Waals surface area contributed by atoms with Crippen molar-refractivity contribution < 1.29 is 13.9 Å². The van der Waals surface area contributed by atoms with Gasteiger partial charge in [-0.1, -0.05) is 33.6 Å². The van der Waals surface area contributed by atoms with Crippen molar-refractivity contribution in [1.82, 2.24) is 0 Å². The zero-order valence-corrected chi connectivity index (χ0v) is 12.8. The van der Waals surface area contributed by atoms with Gasteiger partial charge in [-0.2, -0.15) is 0 Å². The van der Waals surface area contributed by atoms with Crippen molar-refractivity contribution in [3.05, 3.63) is 32.8 Å². The maximum Gasteiger partial charge on any atom is 0.249 e. The normalized spacial score (nSPS) is 25.8. The molecule has 1 aromatic rings. The van der Waals surface area contributed by atoms with Crippen LogP contribution in [0.15, 0.2) is 16.6 Å². The van der Waals surface area contributed by atoms with Crippen LogP contribution in [0.2, 0.25) is 5.02 Å². The molecule has 1 spiro atoms. The predicted molar refractivity (Wildman–Crippen MR) is 73.6 cm³/mol. The summed E-state index contributed by atoms with van der Waals surface area (Å²) in [4.78, 5) is 0. The van der Waals surface area contributed by atoms with Crippen LogP contribution in [0.4, 0.5) is 8.78 Å². The van der Waals surface area contributed by atoms with Gasteiger partial charge in [0.05, 0.1) is 5.60 Å². The van der Waals surface area contributed by atoms with E-state index in [0.717, 1.165) is 10.0 Å². The molecule has 2 saturated carbocycles. The molecule has 19 heavy (non-hydrogen) atoms. The minimum atomic E-state index is -2.54. The highest BCUT2D eigenvalue weighted by atomic mass is 79.9. The number of hydrogen-bond donors (Lipinski definition) is 1. The molecular weight excluding hydrogens is 338 g/mol. The molecule has 1 nitrogen and oxygen atoms in total. The number of hydrogen-bond acceptors (Lipinski definition) is 1. The molecule has 0 heterocycles. The van der Waals surface area contributed by atoms with Crippen LogP contribution in [0.3, 0.4) is 0 Å². The van der Waals surface area contributed by atoms with Crippen LogP contribution in [0, 0.1) is 12.3 Å². The number of aryl methyl sites for hydroxylation is 1. The first-order valence-electron chi connectivity index (χ1n) is 6.21. The van der Waals surface area contributed by atoms with Crippen LogP contribution < -0.4 is 0 Å². The molecule has 1 N–H and O–H groups in total. The van der Waals surface area contributed by atoms with Crippen molar-refractivity contribution in [2.24, 2.45) is 5.41 Å². The van der Waals surface area contributed by atoms with E-state index in [1.807, 2.05) is 13.0 Å². The zero-order valence-electron chi connectivity index (χ0n) is 10.4. The SMILES string of the molecule is Cc1cc(C2(O)CC3(CC(F)(F)C3)C2)c(Cl)cc1Br. The molecule has 2 fully saturated rings. The van der Waals surface area contributed by atoms with Crippen LogP contribution in [-0.4, -0.2) is 11.0 Å². The number of rotatable bonds is 1. The van der Waals surface area contributed by atoms with Crippen LogP contribution in [0.1, 0.15) is 36.8 Å². The minimum absolute atomic E-state index is 0.102. The Morgan fingerprint density at radius 2 is 1.79 bits per heavy atom. The number of alkyl halides is 2. The average Bonchev–Trinajstić information content (AvgIpc) is 2.18. The lowest BCUT2D eigenvalue weighted by atomic mass is 9.47. The second-order valence-electron chi connectivity index (χ2n) is 6.18. The molecular formula is C14H14BrClF2O. The Morgan fingerprint density at radius 1 is 1.21 bits per heavy atom. The molecule has 2 aliphatic carbocycles. The summed E-state index contributed by atoms with van der Waals surface area (Å²) in [5, 5.41) is 11.1. The monoisotopic (exact) mass is 350 g/mol. The van der Waals surface area contributed by atoms with Gasteiger partial charge in [0.25, 0.3) is 0 Å². The topological polar surface area (TPSA) is 20.2 Å². The highest BCUT2D eigenvalue weighted by Gasteiger charge is 2.67. The molecule has 0 aliphatic heterocycles. The second-order valence-corrected chi connectivity index (χ2v) is 7.44. The molecule has 2 aliphatic rings. The van der Waals surface area contributed by atoms with Gasteiger partial charge in [0.1, 0.15) is 0 Å². The quantitative estimate of drug-likeness (QED) is 0.770. The fraction of sp³-hybridized carbons (Fsp3) is 0.571. The third-order valence-electron chi connectivity index (χ3n) is 4.35. The van der Waals surface area contributed by atoms with E-state index in [4.69, 9.17) is 11.6 Å². The summed E-state index contributed by atoms with van der Waals surface area (Å²) in [6.45, 7) is 1.92. The van der Waals surface area contributed by atoms with Gasteiger partial charge in [0.2, 0.25) is 5.92 Å². The Morgan fingerprint density at radius 3 is 2.32 bits per heavy atom. The molecule has 0 amide bonds. The van der Waals surface area contributed by atoms with Gasteiger partial charge in [-0.3, -0.25) is 0 Å². The molecule has 0 aromatic heterocycles. The van der Waals surface area contributed by atoms with Gasteiger partial charge in [0, 0.05) is 27.9 Å². The van der Waals surface area contributed by atoms with Gasteiger partial charge < -0.3 is 5.11 Å². The maximum atomic E-state index is 13.0. The van der Waals surface area contributed by atoms with Crippen molar-refractivity contribution >= 4 is 27.5 Å². The highest BCUT2D eigenvalue weighted by Crippen LogP contribution is 2.68. The van der Waals surface area contributed by atoms with Gasteiger partial charge in [-0.25, -0.2) is 8.78 Å². The van der Waals surface area contributed by atoms with Crippen molar-refractivity contribution in [2.45, 2.75) is 44.1 Å². The summed E-state index contributed by atoms with van der Waals surface area (Å²) in [7, 11) is 0. The summed E-state index contributed by atoms with van der Waals surface area (Å²) in [6, 6.07) is 3.60. The smallest absolute Gasteiger partial charge is 0.249 e. The molecule has 0 atom stereocenters. The van der Waals surface area contributed by atoms with Gasteiger partial charge in [0.15, 0.2) is 0 Å². The summed E-state index contributed by atoms with van der Waals surface area (Å²) in [6.07, 6.45) is 0.567. The molecule has 104 valence electrons. The van der Waals surface area contributed by atoms with E-state index >= 15 is 0 Å². The first-order chi connectivity index (χ1) is 8.65. The van der Waals surface area contributed by atoms with Crippen LogP contribution in [-0.2, 0) is 5.60 Å². The summed E-state index contributed by atoms with van der Waals surface area (Å²) in [5.74, 6) is -2.54. The fourth-order valence-electron chi connectivity index (χ4n) is 3.69.